The molecule has 1 aromatic heterocycles. The van der Waals surface area contributed by atoms with Crippen LogP contribution in [0.15, 0.2) is 24.5 Å². The second-order valence-corrected chi connectivity index (χ2v) is 4.83. The molecule has 1 saturated heterocycles. The minimum Gasteiger partial charge on any atom is -0.339 e. The van der Waals surface area contributed by atoms with Gasteiger partial charge in [-0.25, -0.2) is 0 Å². The zero-order valence-electron chi connectivity index (χ0n) is 10.9. The van der Waals surface area contributed by atoms with E-state index in [0.29, 0.717) is 18.9 Å². The van der Waals surface area contributed by atoms with Gasteiger partial charge in [-0.05, 0) is 50.0 Å². The van der Waals surface area contributed by atoms with Crippen LogP contribution in [0.3, 0.4) is 0 Å². The third kappa shape index (κ3) is 3.53. The smallest absolute Gasteiger partial charge is 0.223 e. The van der Waals surface area contributed by atoms with E-state index in [9.17, 15) is 4.79 Å². The van der Waals surface area contributed by atoms with E-state index >= 15 is 0 Å². The molecule has 0 spiro atoms. The molecule has 1 aliphatic heterocycles. The van der Waals surface area contributed by atoms with E-state index in [1.165, 1.54) is 0 Å². The highest BCUT2D eigenvalue weighted by atomic mass is 16.2. The number of rotatable bonds is 5. The van der Waals surface area contributed by atoms with Crippen LogP contribution in [-0.2, 0) is 11.3 Å². The molecule has 0 aliphatic carbocycles. The molecule has 0 aromatic carbocycles. The van der Waals surface area contributed by atoms with Crippen LogP contribution in [0, 0.1) is 5.92 Å². The minimum atomic E-state index is 0.267. The number of carbonyl (C=O) groups is 1. The molecule has 2 rings (SSSR count). The summed E-state index contributed by atoms with van der Waals surface area (Å²) < 4.78 is 0. The largest absolute Gasteiger partial charge is 0.339 e. The molecule has 1 aliphatic rings. The minimum absolute atomic E-state index is 0.267. The average molecular weight is 247 g/mol. The first-order chi connectivity index (χ1) is 8.79. The van der Waals surface area contributed by atoms with Gasteiger partial charge >= 0.3 is 0 Å². The number of aromatic nitrogens is 1. The van der Waals surface area contributed by atoms with Crippen molar-refractivity contribution in [3.05, 3.63) is 30.1 Å². The third-order valence-electron chi connectivity index (χ3n) is 3.48. The predicted octanol–water partition coefficient (Wildman–Crippen LogP) is 1.43. The van der Waals surface area contributed by atoms with Crippen molar-refractivity contribution in [2.45, 2.75) is 26.3 Å². The summed E-state index contributed by atoms with van der Waals surface area (Å²) >= 11 is 0. The summed E-state index contributed by atoms with van der Waals surface area (Å²) in [7, 11) is 0. The van der Waals surface area contributed by atoms with Crippen molar-refractivity contribution in [3.63, 3.8) is 0 Å². The van der Waals surface area contributed by atoms with E-state index in [0.717, 1.165) is 31.6 Å². The Morgan fingerprint density at radius 3 is 2.89 bits per heavy atom. The molecule has 1 fully saturated rings. The standard InChI is InChI=1S/C14H21N3O/c1-2-17(11-12-3-6-15-7-4-12)14(18)9-13-5-8-16-10-13/h3-4,6-7,13,16H,2,5,8-11H2,1H3. The fourth-order valence-corrected chi connectivity index (χ4v) is 2.35. The Kier molecular flexibility index (Phi) is 4.70. The van der Waals surface area contributed by atoms with Crippen LogP contribution in [0.4, 0.5) is 0 Å². The van der Waals surface area contributed by atoms with Crippen molar-refractivity contribution in [2.75, 3.05) is 19.6 Å². The number of hydrogen-bond donors (Lipinski definition) is 1. The monoisotopic (exact) mass is 247 g/mol. The Labute approximate surface area is 108 Å². The number of hydrogen-bond acceptors (Lipinski definition) is 3. The molecule has 0 radical (unpaired) electrons. The molecule has 0 bridgehead atoms. The van der Waals surface area contributed by atoms with Crippen LogP contribution in [0.5, 0.6) is 0 Å². The van der Waals surface area contributed by atoms with E-state index in [2.05, 4.69) is 10.3 Å². The normalized spacial score (nSPS) is 18.8. The van der Waals surface area contributed by atoms with Crippen molar-refractivity contribution < 1.29 is 4.79 Å². The molecule has 4 heteroatoms. The van der Waals surface area contributed by atoms with Crippen LogP contribution in [0.25, 0.3) is 0 Å². The van der Waals surface area contributed by atoms with Crippen molar-refractivity contribution in [2.24, 2.45) is 5.92 Å². The van der Waals surface area contributed by atoms with Crippen molar-refractivity contribution in [1.82, 2.24) is 15.2 Å². The van der Waals surface area contributed by atoms with E-state index in [4.69, 9.17) is 0 Å². The van der Waals surface area contributed by atoms with Crippen molar-refractivity contribution >= 4 is 5.91 Å². The molecule has 1 atom stereocenters. The third-order valence-corrected chi connectivity index (χ3v) is 3.48. The van der Waals surface area contributed by atoms with Gasteiger partial charge in [0.05, 0.1) is 0 Å². The van der Waals surface area contributed by atoms with E-state index in [1.54, 1.807) is 12.4 Å². The Balaban J connectivity index is 1.89. The molecule has 0 saturated carbocycles. The number of carbonyl (C=O) groups excluding carboxylic acids is 1. The van der Waals surface area contributed by atoms with Crippen molar-refractivity contribution in [3.8, 4) is 0 Å². The van der Waals surface area contributed by atoms with E-state index < -0.39 is 0 Å². The molecule has 1 unspecified atom stereocenters. The number of amides is 1. The lowest BCUT2D eigenvalue weighted by molar-refractivity contribution is -0.132. The lowest BCUT2D eigenvalue weighted by Crippen LogP contribution is -2.32. The van der Waals surface area contributed by atoms with Gasteiger partial charge in [0.2, 0.25) is 5.91 Å². The number of pyridine rings is 1. The first kappa shape index (κ1) is 13.0. The highest BCUT2D eigenvalue weighted by Gasteiger charge is 2.21. The molecular weight excluding hydrogens is 226 g/mol. The highest BCUT2D eigenvalue weighted by molar-refractivity contribution is 5.76. The summed E-state index contributed by atoms with van der Waals surface area (Å²) in [6, 6.07) is 3.93. The first-order valence-corrected chi connectivity index (χ1v) is 6.67. The zero-order chi connectivity index (χ0) is 12.8. The van der Waals surface area contributed by atoms with Crippen LogP contribution in [-0.4, -0.2) is 35.4 Å². The number of nitrogens with zero attached hydrogens (tertiary/aromatic N) is 2. The molecule has 2 heterocycles. The van der Waals surface area contributed by atoms with Gasteiger partial charge < -0.3 is 10.2 Å². The quantitative estimate of drug-likeness (QED) is 0.856. The van der Waals surface area contributed by atoms with Crippen LogP contribution < -0.4 is 5.32 Å². The molecule has 18 heavy (non-hydrogen) atoms. The lowest BCUT2D eigenvalue weighted by Gasteiger charge is -2.22. The van der Waals surface area contributed by atoms with Crippen LogP contribution >= 0.6 is 0 Å². The van der Waals surface area contributed by atoms with Gasteiger partial charge in [-0.2, -0.15) is 0 Å². The maximum absolute atomic E-state index is 12.2. The lowest BCUT2D eigenvalue weighted by atomic mass is 10.0. The molecule has 1 aromatic rings. The summed E-state index contributed by atoms with van der Waals surface area (Å²) in [5.41, 5.74) is 1.14. The summed E-state index contributed by atoms with van der Waals surface area (Å²) in [4.78, 5) is 18.1. The Morgan fingerprint density at radius 1 is 1.50 bits per heavy atom. The highest BCUT2D eigenvalue weighted by Crippen LogP contribution is 2.15. The summed E-state index contributed by atoms with van der Waals surface area (Å²) in [6.45, 7) is 5.53. The molecule has 1 amide bonds. The average Bonchev–Trinajstić information content (AvgIpc) is 2.90. The van der Waals surface area contributed by atoms with Crippen LogP contribution in [0.2, 0.25) is 0 Å². The summed E-state index contributed by atoms with van der Waals surface area (Å²) in [6.07, 6.45) is 5.34. The second kappa shape index (κ2) is 6.50. The van der Waals surface area contributed by atoms with E-state index in [-0.39, 0.29) is 5.91 Å². The van der Waals surface area contributed by atoms with Crippen LogP contribution in [0.1, 0.15) is 25.3 Å². The maximum atomic E-state index is 12.2. The van der Waals surface area contributed by atoms with Gasteiger partial charge in [0.25, 0.3) is 0 Å². The predicted molar refractivity (Wildman–Crippen MR) is 70.9 cm³/mol. The summed E-state index contributed by atoms with van der Waals surface area (Å²) in [5.74, 6) is 0.784. The van der Waals surface area contributed by atoms with Gasteiger partial charge in [-0.15, -0.1) is 0 Å². The fourth-order valence-electron chi connectivity index (χ4n) is 2.35. The summed E-state index contributed by atoms with van der Waals surface area (Å²) in [5, 5.41) is 3.31. The zero-order valence-corrected chi connectivity index (χ0v) is 10.9. The molecule has 98 valence electrons. The maximum Gasteiger partial charge on any atom is 0.223 e. The van der Waals surface area contributed by atoms with Gasteiger partial charge in [-0.3, -0.25) is 9.78 Å². The first-order valence-electron chi connectivity index (χ1n) is 6.67. The Hall–Kier alpha value is -1.42. The van der Waals surface area contributed by atoms with Gasteiger partial charge in [0.15, 0.2) is 0 Å². The van der Waals surface area contributed by atoms with Gasteiger partial charge in [-0.1, -0.05) is 0 Å². The molecule has 1 N–H and O–H groups in total. The van der Waals surface area contributed by atoms with Gasteiger partial charge in [0, 0.05) is 31.9 Å². The second-order valence-electron chi connectivity index (χ2n) is 4.83. The van der Waals surface area contributed by atoms with Crippen molar-refractivity contribution in [1.29, 1.82) is 0 Å². The SMILES string of the molecule is CCN(Cc1ccncc1)C(=O)CC1CCNC1. The molecule has 4 nitrogen and oxygen atoms in total. The Morgan fingerprint density at radius 2 is 2.28 bits per heavy atom. The van der Waals surface area contributed by atoms with E-state index in [1.807, 2.05) is 24.0 Å². The Bertz CT molecular complexity index is 374. The topological polar surface area (TPSA) is 45.2 Å². The molecular formula is C14H21N3O. The fraction of sp³-hybridized carbons (Fsp3) is 0.571. The van der Waals surface area contributed by atoms with Gasteiger partial charge in [0.1, 0.15) is 0 Å². The number of nitrogens with one attached hydrogen (secondary N) is 1.